The fraction of sp³-hybridized carbons (Fsp3) is 0.211. The van der Waals surface area contributed by atoms with Gasteiger partial charge in [0.25, 0.3) is 0 Å². The van der Waals surface area contributed by atoms with E-state index in [-0.39, 0.29) is 0 Å². The molecule has 0 saturated heterocycles. The van der Waals surface area contributed by atoms with Crippen molar-refractivity contribution in [3.63, 3.8) is 0 Å². The molecule has 0 bridgehead atoms. The Morgan fingerprint density at radius 2 is 1.80 bits per heavy atom. The van der Waals surface area contributed by atoms with E-state index in [0.29, 0.717) is 23.4 Å². The first-order valence-corrected chi connectivity index (χ1v) is 8.35. The van der Waals surface area contributed by atoms with Crippen LogP contribution >= 0.6 is 11.6 Å². The third-order valence-corrected chi connectivity index (χ3v) is 3.96. The first-order valence-electron chi connectivity index (χ1n) is 7.97. The third kappa shape index (κ3) is 4.45. The summed E-state index contributed by atoms with van der Waals surface area (Å²) in [6.07, 6.45) is 3.89. The largest absolute Gasteiger partial charge is 0.472 e. The van der Waals surface area contributed by atoms with Gasteiger partial charge in [0.15, 0.2) is 0 Å². The minimum absolute atomic E-state index is 0.317. The van der Waals surface area contributed by atoms with Gasteiger partial charge in [-0.15, -0.1) is 0 Å². The number of aromatic nitrogens is 3. The summed E-state index contributed by atoms with van der Waals surface area (Å²) in [5.74, 6) is 1.66. The monoisotopic (exact) mass is 355 g/mol. The summed E-state index contributed by atoms with van der Waals surface area (Å²) in [6.45, 7) is 4.33. The molecule has 1 aromatic carbocycles. The van der Waals surface area contributed by atoms with Gasteiger partial charge < -0.3 is 9.47 Å². The van der Waals surface area contributed by atoms with Crippen LogP contribution in [-0.4, -0.2) is 15.0 Å². The number of benzene rings is 1. The predicted octanol–water partition coefficient (Wildman–Crippen LogP) is 4.77. The Hall–Kier alpha value is -2.66. The number of aryl methyl sites for hydroxylation is 2. The number of hydrogen-bond donors (Lipinski definition) is 0. The summed E-state index contributed by atoms with van der Waals surface area (Å²) in [4.78, 5) is 12.5. The van der Waals surface area contributed by atoms with E-state index in [0.717, 1.165) is 23.4 Å². The van der Waals surface area contributed by atoms with Crippen LogP contribution in [0.1, 0.15) is 23.7 Å². The van der Waals surface area contributed by atoms with E-state index in [2.05, 4.69) is 15.0 Å². The predicted molar refractivity (Wildman–Crippen MR) is 96.2 cm³/mol. The average Bonchev–Trinajstić information content (AvgIpc) is 2.64. The molecule has 0 aliphatic carbocycles. The standard InChI is InChI=1S/C19H18ClN3O2/c1-3-16-18(20)19(23-12-22-16)24-11-14-6-9-17(21-10-14)25-15-7-4-13(2)5-8-15/h4-10,12H,3,11H2,1-2H3. The lowest BCUT2D eigenvalue weighted by atomic mass is 10.2. The molecule has 3 rings (SSSR count). The van der Waals surface area contributed by atoms with Crippen molar-refractivity contribution < 1.29 is 9.47 Å². The number of hydrogen-bond acceptors (Lipinski definition) is 5. The Balaban J connectivity index is 1.62. The summed E-state index contributed by atoms with van der Waals surface area (Å²) in [5, 5.41) is 0.456. The highest BCUT2D eigenvalue weighted by atomic mass is 35.5. The lowest BCUT2D eigenvalue weighted by Crippen LogP contribution is -2.01. The van der Waals surface area contributed by atoms with Crippen LogP contribution < -0.4 is 9.47 Å². The summed E-state index contributed by atoms with van der Waals surface area (Å²) in [5.41, 5.74) is 2.85. The van der Waals surface area contributed by atoms with Gasteiger partial charge in [-0.1, -0.05) is 36.2 Å². The number of rotatable bonds is 6. The molecule has 128 valence electrons. The summed E-state index contributed by atoms with van der Waals surface area (Å²) >= 11 is 6.22. The van der Waals surface area contributed by atoms with E-state index in [1.807, 2.05) is 44.2 Å². The molecule has 25 heavy (non-hydrogen) atoms. The molecule has 0 radical (unpaired) electrons. The van der Waals surface area contributed by atoms with Gasteiger partial charge in [-0.2, -0.15) is 0 Å². The molecular weight excluding hydrogens is 338 g/mol. The molecule has 2 aromatic heterocycles. The molecule has 3 aromatic rings. The van der Waals surface area contributed by atoms with E-state index in [1.165, 1.54) is 11.9 Å². The van der Waals surface area contributed by atoms with E-state index >= 15 is 0 Å². The van der Waals surface area contributed by atoms with Crippen molar-refractivity contribution in [3.8, 4) is 17.5 Å². The lowest BCUT2D eigenvalue weighted by Gasteiger charge is -2.09. The Morgan fingerprint density at radius 1 is 1.00 bits per heavy atom. The van der Waals surface area contributed by atoms with Gasteiger partial charge in [-0.25, -0.2) is 15.0 Å². The van der Waals surface area contributed by atoms with Gasteiger partial charge in [-0.3, -0.25) is 0 Å². The average molecular weight is 356 g/mol. The van der Waals surface area contributed by atoms with Gasteiger partial charge >= 0.3 is 0 Å². The van der Waals surface area contributed by atoms with Gasteiger partial charge in [0.2, 0.25) is 11.8 Å². The van der Waals surface area contributed by atoms with Crippen LogP contribution in [0.4, 0.5) is 0 Å². The second-order valence-corrected chi connectivity index (χ2v) is 5.88. The molecule has 0 N–H and O–H groups in total. The normalized spacial score (nSPS) is 10.5. The molecule has 0 amide bonds. The quantitative estimate of drug-likeness (QED) is 0.637. The fourth-order valence-corrected chi connectivity index (χ4v) is 2.46. The highest BCUT2D eigenvalue weighted by molar-refractivity contribution is 6.32. The second kappa shape index (κ2) is 7.94. The van der Waals surface area contributed by atoms with Crippen molar-refractivity contribution in [1.29, 1.82) is 0 Å². The molecule has 0 aliphatic heterocycles. The van der Waals surface area contributed by atoms with E-state index in [4.69, 9.17) is 21.1 Å². The first-order chi connectivity index (χ1) is 12.2. The molecule has 5 nitrogen and oxygen atoms in total. The van der Waals surface area contributed by atoms with Crippen molar-refractivity contribution in [2.75, 3.05) is 0 Å². The maximum absolute atomic E-state index is 6.22. The topological polar surface area (TPSA) is 57.1 Å². The molecule has 2 heterocycles. The van der Waals surface area contributed by atoms with Crippen LogP contribution in [0.2, 0.25) is 5.02 Å². The van der Waals surface area contributed by atoms with Crippen LogP contribution in [-0.2, 0) is 13.0 Å². The minimum Gasteiger partial charge on any atom is -0.472 e. The zero-order valence-electron chi connectivity index (χ0n) is 14.1. The minimum atomic E-state index is 0.317. The van der Waals surface area contributed by atoms with Crippen molar-refractivity contribution in [2.24, 2.45) is 0 Å². The lowest BCUT2D eigenvalue weighted by molar-refractivity contribution is 0.292. The second-order valence-electron chi connectivity index (χ2n) is 5.50. The molecule has 0 aliphatic rings. The van der Waals surface area contributed by atoms with Crippen molar-refractivity contribution in [2.45, 2.75) is 26.9 Å². The Labute approximate surface area is 151 Å². The number of nitrogens with zero attached hydrogens (tertiary/aromatic N) is 3. The van der Waals surface area contributed by atoms with Gasteiger partial charge in [0, 0.05) is 17.8 Å². The fourth-order valence-electron chi connectivity index (χ4n) is 2.17. The summed E-state index contributed by atoms with van der Waals surface area (Å²) in [7, 11) is 0. The van der Waals surface area contributed by atoms with Crippen LogP contribution in [0.25, 0.3) is 0 Å². The number of pyridine rings is 1. The molecule has 0 spiro atoms. The highest BCUT2D eigenvalue weighted by Crippen LogP contribution is 2.25. The van der Waals surface area contributed by atoms with Gasteiger partial charge in [0.05, 0.1) is 5.69 Å². The van der Waals surface area contributed by atoms with Crippen LogP contribution in [0.5, 0.6) is 17.5 Å². The van der Waals surface area contributed by atoms with Crippen molar-refractivity contribution in [1.82, 2.24) is 15.0 Å². The van der Waals surface area contributed by atoms with Crippen LogP contribution in [0, 0.1) is 6.92 Å². The Kier molecular flexibility index (Phi) is 5.46. The van der Waals surface area contributed by atoms with E-state index < -0.39 is 0 Å². The van der Waals surface area contributed by atoms with Gasteiger partial charge in [0.1, 0.15) is 23.7 Å². The Bertz CT molecular complexity index is 836. The maximum atomic E-state index is 6.22. The third-order valence-electron chi connectivity index (χ3n) is 3.58. The van der Waals surface area contributed by atoms with Crippen LogP contribution in [0.3, 0.4) is 0 Å². The Morgan fingerprint density at radius 3 is 2.48 bits per heavy atom. The zero-order chi connectivity index (χ0) is 17.6. The van der Waals surface area contributed by atoms with E-state index in [9.17, 15) is 0 Å². The van der Waals surface area contributed by atoms with Crippen LogP contribution in [0.15, 0.2) is 48.9 Å². The molecule has 0 unspecified atom stereocenters. The van der Waals surface area contributed by atoms with Crippen molar-refractivity contribution >= 4 is 11.6 Å². The molecule has 0 saturated carbocycles. The number of ether oxygens (including phenoxy) is 2. The smallest absolute Gasteiger partial charge is 0.236 e. The van der Waals surface area contributed by atoms with E-state index in [1.54, 1.807) is 12.3 Å². The summed E-state index contributed by atoms with van der Waals surface area (Å²) in [6, 6.07) is 11.5. The molecular formula is C19H18ClN3O2. The molecule has 0 atom stereocenters. The zero-order valence-corrected chi connectivity index (χ0v) is 14.8. The highest BCUT2D eigenvalue weighted by Gasteiger charge is 2.09. The first kappa shape index (κ1) is 17.2. The maximum Gasteiger partial charge on any atom is 0.236 e. The van der Waals surface area contributed by atoms with Crippen molar-refractivity contribution in [3.05, 3.63) is 70.8 Å². The van der Waals surface area contributed by atoms with Gasteiger partial charge in [-0.05, 0) is 31.5 Å². The SMILES string of the molecule is CCc1ncnc(OCc2ccc(Oc3ccc(C)cc3)nc2)c1Cl. The number of halogens is 1. The molecule has 0 fully saturated rings. The summed E-state index contributed by atoms with van der Waals surface area (Å²) < 4.78 is 11.4. The molecule has 6 heteroatoms.